The molecule has 0 unspecified atom stereocenters. The van der Waals surface area contributed by atoms with E-state index in [-0.39, 0.29) is 11.3 Å². The fourth-order valence-electron chi connectivity index (χ4n) is 2.43. The van der Waals surface area contributed by atoms with E-state index in [2.05, 4.69) is 11.6 Å². The Balaban J connectivity index is 2.06. The molecule has 1 aromatic carbocycles. The smallest absolute Gasteiger partial charge is 0.217 e. The highest BCUT2D eigenvalue weighted by atomic mass is 19.1. The van der Waals surface area contributed by atoms with Crippen molar-refractivity contribution in [3.05, 3.63) is 47.2 Å². The van der Waals surface area contributed by atoms with Crippen molar-refractivity contribution in [2.45, 2.75) is 19.8 Å². The molecule has 2 aliphatic rings. The summed E-state index contributed by atoms with van der Waals surface area (Å²) in [6.45, 7) is 5.87. The SMILES string of the molecule is C=C1COc2c(ccc(C3=C(F)N=C(C)C3)c2F)C1. The monoisotopic (exact) mass is 261 g/mol. The second-order valence-corrected chi connectivity index (χ2v) is 4.92. The highest BCUT2D eigenvalue weighted by Gasteiger charge is 2.25. The van der Waals surface area contributed by atoms with Gasteiger partial charge in [0.05, 0.1) is 0 Å². The molecule has 0 bridgehead atoms. The van der Waals surface area contributed by atoms with E-state index in [0.717, 1.165) is 11.1 Å². The van der Waals surface area contributed by atoms with Crippen LogP contribution in [0.15, 0.2) is 35.2 Å². The third-order valence-corrected chi connectivity index (χ3v) is 3.34. The van der Waals surface area contributed by atoms with Crippen molar-refractivity contribution in [1.29, 1.82) is 0 Å². The Morgan fingerprint density at radius 2 is 2.05 bits per heavy atom. The average molecular weight is 261 g/mol. The number of halogens is 2. The Labute approximate surface area is 110 Å². The van der Waals surface area contributed by atoms with Crippen LogP contribution < -0.4 is 4.74 Å². The third-order valence-electron chi connectivity index (χ3n) is 3.34. The van der Waals surface area contributed by atoms with Gasteiger partial charge in [0.1, 0.15) is 6.61 Å². The van der Waals surface area contributed by atoms with E-state index in [9.17, 15) is 8.78 Å². The Hall–Kier alpha value is -1.97. The maximum Gasteiger partial charge on any atom is 0.217 e. The fourth-order valence-corrected chi connectivity index (χ4v) is 2.43. The van der Waals surface area contributed by atoms with Gasteiger partial charge in [0, 0.05) is 35.3 Å². The number of ether oxygens (including phenoxy) is 1. The van der Waals surface area contributed by atoms with Crippen LogP contribution in [0.3, 0.4) is 0 Å². The summed E-state index contributed by atoms with van der Waals surface area (Å²) in [6, 6.07) is 3.37. The summed E-state index contributed by atoms with van der Waals surface area (Å²) in [5, 5.41) is 0. The van der Waals surface area contributed by atoms with Crippen molar-refractivity contribution >= 4 is 11.3 Å². The van der Waals surface area contributed by atoms with Gasteiger partial charge in [0.2, 0.25) is 5.95 Å². The third kappa shape index (κ3) is 1.97. The van der Waals surface area contributed by atoms with Gasteiger partial charge >= 0.3 is 0 Å². The Morgan fingerprint density at radius 1 is 1.26 bits per heavy atom. The topological polar surface area (TPSA) is 21.6 Å². The van der Waals surface area contributed by atoms with Gasteiger partial charge in [-0.3, -0.25) is 0 Å². The molecular weight excluding hydrogens is 248 g/mol. The van der Waals surface area contributed by atoms with Crippen LogP contribution in [0.2, 0.25) is 0 Å². The number of aliphatic imine (C=N–C) groups is 1. The molecule has 2 nitrogen and oxygen atoms in total. The van der Waals surface area contributed by atoms with Gasteiger partial charge in [-0.1, -0.05) is 18.7 Å². The summed E-state index contributed by atoms with van der Waals surface area (Å²) < 4.78 is 33.5. The van der Waals surface area contributed by atoms with E-state index in [4.69, 9.17) is 4.74 Å². The number of allylic oxidation sites excluding steroid dienone is 1. The summed E-state index contributed by atoms with van der Waals surface area (Å²) in [7, 11) is 0. The molecule has 0 spiro atoms. The van der Waals surface area contributed by atoms with Crippen LogP contribution in [-0.2, 0) is 6.42 Å². The zero-order chi connectivity index (χ0) is 13.6. The normalized spacial score (nSPS) is 18.3. The highest BCUT2D eigenvalue weighted by Crippen LogP contribution is 2.38. The second-order valence-electron chi connectivity index (χ2n) is 4.92. The van der Waals surface area contributed by atoms with Gasteiger partial charge in [-0.15, -0.1) is 0 Å². The van der Waals surface area contributed by atoms with E-state index in [0.29, 0.717) is 30.7 Å². The molecule has 0 amide bonds. The molecule has 2 heterocycles. The quantitative estimate of drug-likeness (QED) is 0.556. The number of nitrogens with zero attached hydrogens (tertiary/aromatic N) is 1. The van der Waals surface area contributed by atoms with Gasteiger partial charge < -0.3 is 4.74 Å². The molecule has 0 radical (unpaired) electrons. The molecule has 0 N–H and O–H groups in total. The van der Waals surface area contributed by atoms with E-state index in [1.807, 2.05) is 0 Å². The van der Waals surface area contributed by atoms with Gasteiger partial charge in [-0.2, -0.15) is 4.39 Å². The van der Waals surface area contributed by atoms with E-state index < -0.39 is 11.8 Å². The van der Waals surface area contributed by atoms with Crippen molar-refractivity contribution in [2.24, 2.45) is 4.99 Å². The maximum absolute atomic E-state index is 14.4. The lowest BCUT2D eigenvalue weighted by Crippen LogP contribution is -2.13. The first-order valence-corrected chi connectivity index (χ1v) is 6.10. The second kappa shape index (κ2) is 4.30. The van der Waals surface area contributed by atoms with Crippen molar-refractivity contribution in [3.63, 3.8) is 0 Å². The highest BCUT2D eigenvalue weighted by molar-refractivity contribution is 5.97. The number of hydrogen-bond acceptors (Lipinski definition) is 2. The molecule has 0 fully saturated rings. The molecule has 1 aromatic rings. The molecule has 98 valence electrons. The number of fused-ring (bicyclic) bond motifs is 1. The standard InChI is InChI=1S/C15H13F2NO/c1-8-5-10-3-4-11(13(16)14(10)19-7-8)12-6-9(2)18-15(12)17/h3-4H,1,5-7H2,2H3. The summed E-state index contributed by atoms with van der Waals surface area (Å²) in [5.74, 6) is -0.883. The molecular formula is C15H13F2NO. The summed E-state index contributed by atoms with van der Waals surface area (Å²) >= 11 is 0. The summed E-state index contributed by atoms with van der Waals surface area (Å²) in [4.78, 5) is 3.72. The van der Waals surface area contributed by atoms with Crippen LogP contribution >= 0.6 is 0 Å². The van der Waals surface area contributed by atoms with Gasteiger partial charge in [0.15, 0.2) is 11.6 Å². The predicted molar refractivity (Wildman–Crippen MR) is 70.5 cm³/mol. The Morgan fingerprint density at radius 3 is 2.74 bits per heavy atom. The van der Waals surface area contributed by atoms with Crippen molar-refractivity contribution in [2.75, 3.05) is 6.61 Å². The number of benzene rings is 1. The van der Waals surface area contributed by atoms with Gasteiger partial charge in [-0.25, -0.2) is 9.38 Å². The zero-order valence-electron chi connectivity index (χ0n) is 10.6. The minimum Gasteiger partial charge on any atom is -0.486 e. The molecule has 19 heavy (non-hydrogen) atoms. The lowest BCUT2D eigenvalue weighted by atomic mass is 9.96. The van der Waals surface area contributed by atoms with E-state index >= 15 is 0 Å². The van der Waals surface area contributed by atoms with Crippen LogP contribution in [-0.4, -0.2) is 12.3 Å². The number of hydrogen-bond donors (Lipinski definition) is 0. The first kappa shape index (κ1) is 12.1. The van der Waals surface area contributed by atoms with Crippen LogP contribution in [0.25, 0.3) is 5.57 Å². The molecule has 0 aliphatic carbocycles. The molecule has 0 saturated carbocycles. The lowest BCUT2D eigenvalue weighted by molar-refractivity contribution is 0.313. The number of rotatable bonds is 1. The molecule has 3 rings (SSSR count). The largest absolute Gasteiger partial charge is 0.486 e. The van der Waals surface area contributed by atoms with Crippen LogP contribution in [0.4, 0.5) is 8.78 Å². The fraction of sp³-hybridized carbons (Fsp3) is 0.267. The zero-order valence-corrected chi connectivity index (χ0v) is 10.6. The first-order chi connectivity index (χ1) is 9.06. The van der Waals surface area contributed by atoms with Crippen LogP contribution in [0.1, 0.15) is 24.5 Å². The minimum absolute atomic E-state index is 0.217. The van der Waals surface area contributed by atoms with Crippen LogP contribution in [0.5, 0.6) is 5.75 Å². The molecule has 0 aromatic heterocycles. The van der Waals surface area contributed by atoms with E-state index in [1.54, 1.807) is 19.1 Å². The molecule has 0 saturated heterocycles. The molecule has 0 atom stereocenters. The van der Waals surface area contributed by atoms with Gasteiger partial charge in [0.25, 0.3) is 0 Å². The van der Waals surface area contributed by atoms with Gasteiger partial charge in [-0.05, 0) is 12.5 Å². The molecule has 4 heteroatoms. The lowest BCUT2D eigenvalue weighted by Gasteiger charge is -2.21. The predicted octanol–water partition coefficient (Wildman–Crippen LogP) is 3.82. The van der Waals surface area contributed by atoms with Crippen molar-refractivity contribution in [1.82, 2.24) is 0 Å². The first-order valence-electron chi connectivity index (χ1n) is 6.10. The minimum atomic E-state index is -0.600. The van der Waals surface area contributed by atoms with Crippen molar-refractivity contribution < 1.29 is 13.5 Å². The summed E-state index contributed by atoms with van der Waals surface area (Å²) in [5.41, 5.74) is 2.85. The van der Waals surface area contributed by atoms with Crippen molar-refractivity contribution in [3.8, 4) is 5.75 Å². The Kier molecular flexibility index (Phi) is 2.73. The van der Waals surface area contributed by atoms with E-state index in [1.165, 1.54) is 0 Å². The average Bonchev–Trinajstić information content (AvgIpc) is 2.68. The molecule has 2 aliphatic heterocycles. The Bertz CT molecular complexity index is 644. The maximum atomic E-state index is 14.4. The van der Waals surface area contributed by atoms with Crippen LogP contribution in [0, 0.1) is 5.82 Å². The summed E-state index contributed by atoms with van der Waals surface area (Å²) in [6.07, 6.45) is 0.942.